The first-order valence-corrected chi connectivity index (χ1v) is 11.3. The number of hydrogen-bond acceptors (Lipinski definition) is 7. The van der Waals surface area contributed by atoms with E-state index < -0.39 is 0 Å². The van der Waals surface area contributed by atoms with Crippen LogP contribution in [0.5, 0.6) is 10.9 Å². The molecule has 0 aliphatic carbocycles. The molecule has 1 aromatic heterocycles. The highest BCUT2D eigenvalue weighted by molar-refractivity contribution is 7.07. The first-order valence-electron chi connectivity index (χ1n) is 10.6. The molecule has 4 rings (SSSR count). The van der Waals surface area contributed by atoms with Crippen LogP contribution in [0.15, 0.2) is 48.5 Å². The van der Waals surface area contributed by atoms with Gasteiger partial charge in [0.2, 0.25) is 0 Å². The van der Waals surface area contributed by atoms with E-state index in [0.29, 0.717) is 61.5 Å². The van der Waals surface area contributed by atoms with E-state index in [2.05, 4.69) is 9.36 Å². The molecule has 0 unspecified atom stereocenters. The van der Waals surface area contributed by atoms with Gasteiger partial charge in [0.05, 0.1) is 6.61 Å². The molecule has 3 aromatic rings. The highest BCUT2D eigenvalue weighted by Crippen LogP contribution is 2.24. The van der Waals surface area contributed by atoms with Crippen LogP contribution in [0, 0.1) is 5.82 Å². The number of carbonyl (C=O) groups excluding carboxylic acids is 2. The SMILES string of the molecule is CCOC(=O)N1CCN(C(=O)c2ccc(Oc3nc(Cc4ccc(F)cc4)ns3)cc2)CC1. The van der Waals surface area contributed by atoms with Crippen LogP contribution >= 0.6 is 11.5 Å². The largest absolute Gasteiger partial charge is 0.450 e. The summed E-state index contributed by atoms with van der Waals surface area (Å²) in [5.41, 5.74) is 1.45. The van der Waals surface area contributed by atoms with Crippen LogP contribution in [0.4, 0.5) is 9.18 Å². The molecule has 2 amide bonds. The monoisotopic (exact) mass is 470 g/mol. The van der Waals surface area contributed by atoms with Crippen LogP contribution in [-0.4, -0.2) is 63.9 Å². The fourth-order valence-electron chi connectivity index (χ4n) is 3.39. The molecule has 0 saturated carbocycles. The van der Waals surface area contributed by atoms with Gasteiger partial charge in [0.25, 0.3) is 11.1 Å². The lowest BCUT2D eigenvalue weighted by atomic mass is 10.1. The number of piperazine rings is 1. The zero-order valence-electron chi connectivity index (χ0n) is 18.1. The molecule has 0 atom stereocenters. The van der Waals surface area contributed by atoms with Crippen molar-refractivity contribution >= 4 is 23.5 Å². The topological polar surface area (TPSA) is 84.9 Å². The van der Waals surface area contributed by atoms with Crippen molar-refractivity contribution in [3.8, 4) is 10.9 Å². The number of halogens is 1. The molecule has 1 saturated heterocycles. The summed E-state index contributed by atoms with van der Waals surface area (Å²) in [4.78, 5) is 32.3. The standard InChI is InChI=1S/C23H23FN4O4S/c1-2-31-23(30)28-13-11-27(12-14-28)21(29)17-5-9-19(10-6-17)32-22-25-20(26-33-22)15-16-3-7-18(24)8-4-16/h3-10H,2,11-15H2,1H3. The van der Waals surface area contributed by atoms with E-state index in [9.17, 15) is 14.0 Å². The molecule has 33 heavy (non-hydrogen) atoms. The second-order valence-electron chi connectivity index (χ2n) is 7.38. The molecule has 0 bridgehead atoms. The Hall–Kier alpha value is -3.53. The summed E-state index contributed by atoms with van der Waals surface area (Å²) >= 11 is 1.13. The number of carbonyl (C=O) groups is 2. The third kappa shape index (κ3) is 5.83. The van der Waals surface area contributed by atoms with Gasteiger partial charge >= 0.3 is 6.09 Å². The van der Waals surface area contributed by atoms with Crippen molar-refractivity contribution in [2.75, 3.05) is 32.8 Å². The van der Waals surface area contributed by atoms with Gasteiger partial charge in [-0.2, -0.15) is 9.36 Å². The number of aromatic nitrogens is 2. The van der Waals surface area contributed by atoms with Gasteiger partial charge in [-0.3, -0.25) is 4.79 Å². The fourth-order valence-corrected chi connectivity index (χ4v) is 3.96. The van der Waals surface area contributed by atoms with E-state index in [1.165, 1.54) is 12.1 Å². The lowest BCUT2D eigenvalue weighted by Gasteiger charge is -2.34. The van der Waals surface area contributed by atoms with E-state index >= 15 is 0 Å². The Morgan fingerprint density at radius 3 is 2.33 bits per heavy atom. The normalized spacial score (nSPS) is 13.6. The average molecular weight is 471 g/mol. The third-order valence-corrected chi connectivity index (χ3v) is 5.76. The quantitative estimate of drug-likeness (QED) is 0.542. The predicted octanol–water partition coefficient (Wildman–Crippen LogP) is 3.97. The van der Waals surface area contributed by atoms with Crippen molar-refractivity contribution in [1.29, 1.82) is 0 Å². The van der Waals surface area contributed by atoms with Crippen molar-refractivity contribution in [2.24, 2.45) is 0 Å². The highest BCUT2D eigenvalue weighted by atomic mass is 32.1. The number of amides is 2. The van der Waals surface area contributed by atoms with Crippen molar-refractivity contribution in [3.05, 3.63) is 71.3 Å². The molecule has 0 spiro atoms. The van der Waals surface area contributed by atoms with Crippen LogP contribution in [0.3, 0.4) is 0 Å². The first-order chi connectivity index (χ1) is 16.0. The van der Waals surface area contributed by atoms with Gasteiger partial charge in [-0.1, -0.05) is 12.1 Å². The van der Waals surface area contributed by atoms with E-state index in [4.69, 9.17) is 9.47 Å². The minimum Gasteiger partial charge on any atom is -0.450 e. The molecule has 1 aliphatic rings. The second kappa shape index (κ2) is 10.4. The molecule has 0 N–H and O–H groups in total. The molecule has 1 aliphatic heterocycles. The van der Waals surface area contributed by atoms with Crippen molar-refractivity contribution < 1.29 is 23.5 Å². The van der Waals surface area contributed by atoms with Gasteiger partial charge in [0.1, 0.15) is 11.6 Å². The number of hydrogen-bond donors (Lipinski definition) is 0. The summed E-state index contributed by atoms with van der Waals surface area (Å²) in [7, 11) is 0. The Kier molecular flexibility index (Phi) is 7.13. The molecule has 172 valence electrons. The fraction of sp³-hybridized carbons (Fsp3) is 0.304. The van der Waals surface area contributed by atoms with Gasteiger partial charge in [0, 0.05) is 49.7 Å². The van der Waals surface area contributed by atoms with Crippen molar-refractivity contribution in [1.82, 2.24) is 19.2 Å². The van der Waals surface area contributed by atoms with Crippen LogP contribution in [0.25, 0.3) is 0 Å². The van der Waals surface area contributed by atoms with Crippen LogP contribution in [0.1, 0.15) is 28.7 Å². The second-order valence-corrected chi connectivity index (χ2v) is 8.10. The molecule has 2 heterocycles. The Bertz CT molecular complexity index is 1100. The van der Waals surface area contributed by atoms with E-state index in [-0.39, 0.29) is 17.8 Å². The minimum atomic E-state index is -0.344. The maximum atomic E-state index is 13.0. The summed E-state index contributed by atoms with van der Waals surface area (Å²) in [6.07, 6.45) is 0.139. The summed E-state index contributed by atoms with van der Waals surface area (Å²) in [5.74, 6) is 0.760. The number of rotatable bonds is 6. The van der Waals surface area contributed by atoms with Crippen molar-refractivity contribution in [3.63, 3.8) is 0 Å². The van der Waals surface area contributed by atoms with E-state index in [1.54, 1.807) is 53.1 Å². The zero-order chi connectivity index (χ0) is 23.2. The summed E-state index contributed by atoms with van der Waals surface area (Å²) in [6.45, 7) is 3.91. The van der Waals surface area contributed by atoms with Gasteiger partial charge in [-0.25, -0.2) is 9.18 Å². The first kappa shape index (κ1) is 22.7. The molecular formula is C23H23FN4O4S. The summed E-state index contributed by atoms with van der Waals surface area (Å²) in [5, 5.41) is 0.390. The number of ether oxygens (including phenoxy) is 2. The molecule has 10 heteroatoms. The van der Waals surface area contributed by atoms with Crippen molar-refractivity contribution in [2.45, 2.75) is 13.3 Å². The Labute approximate surface area is 194 Å². The minimum absolute atomic E-state index is 0.0949. The Morgan fingerprint density at radius 1 is 1.00 bits per heavy atom. The van der Waals surface area contributed by atoms with E-state index in [1.807, 2.05) is 0 Å². The average Bonchev–Trinajstić information content (AvgIpc) is 3.27. The van der Waals surface area contributed by atoms with Gasteiger partial charge in [0.15, 0.2) is 5.82 Å². The number of nitrogens with zero attached hydrogens (tertiary/aromatic N) is 4. The zero-order valence-corrected chi connectivity index (χ0v) is 18.9. The smallest absolute Gasteiger partial charge is 0.409 e. The highest BCUT2D eigenvalue weighted by Gasteiger charge is 2.25. The summed E-state index contributed by atoms with van der Waals surface area (Å²) in [6, 6.07) is 13.0. The molecule has 8 nitrogen and oxygen atoms in total. The van der Waals surface area contributed by atoms with Crippen LogP contribution in [-0.2, 0) is 11.2 Å². The maximum Gasteiger partial charge on any atom is 0.409 e. The Balaban J connectivity index is 1.30. The maximum absolute atomic E-state index is 13.0. The van der Waals surface area contributed by atoms with Crippen LogP contribution in [0.2, 0.25) is 0 Å². The molecule has 1 fully saturated rings. The summed E-state index contributed by atoms with van der Waals surface area (Å²) < 4.78 is 28.1. The predicted molar refractivity (Wildman–Crippen MR) is 120 cm³/mol. The molecular weight excluding hydrogens is 447 g/mol. The molecule has 2 aromatic carbocycles. The third-order valence-electron chi connectivity index (χ3n) is 5.12. The van der Waals surface area contributed by atoms with Gasteiger partial charge in [-0.15, -0.1) is 0 Å². The lowest BCUT2D eigenvalue weighted by Crippen LogP contribution is -2.50. The van der Waals surface area contributed by atoms with Gasteiger partial charge in [-0.05, 0) is 48.9 Å². The number of benzene rings is 2. The van der Waals surface area contributed by atoms with E-state index in [0.717, 1.165) is 17.1 Å². The molecule has 0 radical (unpaired) electrons. The lowest BCUT2D eigenvalue weighted by molar-refractivity contribution is 0.0570. The Morgan fingerprint density at radius 2 is 1.67 bits per heavy atom. The van der Waals surface area contributed by atoms with Gasteiger partial charge < -0.3 is 19.3 Å². The van der Waals surface area contributed by atoms with Crippen LogP contribution < -0.4 is 4.74 Å².